The molecule has 2 rings (SSSR count). The van der Waals surface area contributed by atoms with E-state index in [1.165, 1.54) is 11.1 Å². The lowest BCUT2D eigenvalue weighted by Gasteiger charge is -2.28. The second-order valence-corrected chi connectivity index (χ2v) is 4.91. The standard InChI is InChI=1S/C18H20O3/c1-3-8-15-14(4-2)9-7-12-16(15)21-18-11-6-5-10-17(18)20-13-19/h3-6,10-11,13,16H,1-2,7-9,12H2/t16-/m1/s1. The molecular formula is C18H20O3. The Morgan fingerprint density at radius 3 is 2.67 bits per heavy atom. The number of rotatable bonds is 7. The molecule has 21 heavy (non-hydrogen) atoms. The van der Waals surface area contributed by atoms with Gasteiger partial charge in [0.15, 0.2) is 11.5 Å². The maximum absolute atomic E-state index is 10.6. The molecule has 0 saturated heterocycles. The van der Waals surface area contributed by atoms with Crippen molar-refractivity contribution in [3.63, 3.8) is 0 Å². The van der Waals surface area contributed by atoms with Gasteiger partial charge in [0.2, 0.25) is 0 Å². The molecule has 0 saturated carbocycles. The third kappa shape index (κ3) is 3.63. The number of carbonyl (C=O) groups excluding carboxylic acids is 1. The smallest absolute Gasteiger partial charge is 0.298 e. The number of ether oxygens (including phenoxy) is 2. The fourth-order valence-corrected chi connectivity index (χ4v) is 2.65. The molecule has 1 aromatic rings. The number of carbonyl (C=O) groups is 1. The van der Waals surface area contributed by atoms with Crippen LogP contribution in [0.1, 0.15) is 25.7 Å². The summed E-state index contributed by atoms with van der Waals surface area (Å²) in [6.07, 6.45) is 7.57. The van der Waals surface area contributed by atoms with Crippen LogP contribution in [0, 0.1) is 0 Å². The van der Waals surface area contributed by atoms with Gasteiger partial charge in [-0.3, -0.25) is 4.79 Å². The molecule has 0 unspecified atom stereocenters. The highest BCUT2D eigenvalue weighted by Gasteiger charge is 2.23. The van der Waals surface area contributed by atoms with E-state index in [0.717, 1.165) is 25.7 Å². The van der Waals surface area contributed by atoms with Crippen molar-refractivity contribution in [2.24, 2.45) is 0 Å². The topological polar surface area (TPSA) is 35.5 Å². The van der Waals surface area contributed by atoms with Gasteiger partial charge < -0.3 is 9.47 Å². The zero-order chi connectivity index (χ0) is 15.1. The summed E-state index contributed by atoms with van der Waals surface area (Å²) >= 11 is 0. The number of hydrogen-bond donors (Lipinski definition) is 0. The molecule has 0 aromatic heterocycles. The van der Waals surface area contributed by atoms with Crippen LogP contribution in [0.15, 0.2) is 60.7 Å². The summed E-state index contributed by atoms with van der Waals surface area (Å²) in [6, 6.07) is 7.20. The van der Waals surface area contributed by atoms with E-state index in [0.29, 0.717) is 18.0 Å². The zero-order valence-corrected chi connectivity index (χ0v) is 12.1. The molecular weight excluding hydrogens is 264 g/mol. The Hall–Kier alpha value is -2.29. The number of para-hydroxylation sites is 2. The van der Waals surface area contributed by atoms with Gasteiger partial charge in [0.05, 0.1) is 0 Å². The molecule has 0 bridgehead atoms. The summed E-state index contributed by atoms with van der Waals surface area (Å²) < 4.78 is 11.1. The lowest BCUT2D eigenvalue weighted by Crippen LogP contribution is -2.24. The van der Waals surface area contributed by atoms with Crippen molar-refractivity contribution < 1.29 is 14.3 Å². The van der Waals surface area contributed by atoms with Crippen LogP contribution in [-0.4, -0.2) is 12.6 Å². The molecule has 110 valence electrons. The molecule has 0 heterocycles. The number of hydrogen-bond acceptors (Lipinski definition) is 3. The molecule has 1 atom stereocenters. The largest absolute Gasteiger partial charge is 0.482 e. The van der Waals surface area contributed by atoms with Crippen molar-refractivity contribution in [3.8, 4) is 11.5 Å². The monoisotopic (exact) mass is 284 g/mol. The Morgan fingerprint density at radius 1 is 1.24 bits per heavy atom. The SMILES string of the molecule is C=CCC1=C(C=C)CCC[C@H]1Oc1ccccc1OC=O. The first-order valence-corrected chi connectivity index (χ1v) is 7.11. The van der Waals surface area contributed by atoms with Crippen LogP contribution in [0.25, 0.3) is 0 Å². The molecule has 1 aliphatic rings. The molecule has 0 N–H and O–H groups in total. The van der Waals surface area contributed by atoms with Crippen molar-refractivity contribution in [3.05, 3.63) is 60.7 Å². The van der Waals surface area contributed by atoms with Gasteiger partial charge in [-0.05, 0) is 49.0 Å². The lowest BCUT2D eigenvalue weighted by molar-refractivity contribution is -0.120. The van der Waals surface area contributed by atoms with Crippen molar-refractivity contribution in [1.82, 2.24) is 0 Å². The highest BCUT2D eigenvalue weighted by atomic mass is 16.5. The van der Waals surface area contributed by atoms with Gasteiger partial charge in [0.1, 0.15) is 6.10 Å². The fraction of sp³-hybridized carbons (Fsp3) is 0.278. The molecule has 3 nitrogen and oxygen atoms in total. The minimum Gasteiger partial charge on any atom is -0.482 e. The first-order valence-electron chi connectivity index (χ1n) is 7.11. The Kier molecular flexibility index (Phi) is 5.38. The lowest BCUT2D eigenvalue weighted by atomic mass is 9.87. The maximum atomic E-state index is 10.6. The summed E-state index contributed by atoms with van der Waals surface area (Å²) in [5.41, 5.74) is 2.45. The molecule has 1 aliphatic carbocycles. The van der Waals surface area contributed by atoms with Crippen LogP contribution >= 0.6 is 0 Å². The molecule has 0 aliphatic heterocycles. The Morgan fingerprint density at radius 2 is 2.00 bits per heavy atom. The van der Waals surface area contributed by atoms with Gasteiger partial charge in [-0.2, -0.15) is 0 Å². The van der Waals surface area contributed by atoms with Crippen LogP contribution in [0.5, 0.6) is 11.5 Å². The first kappa shape index (κ1) is 15.1. The second kappa shape index (κ2) is 7.48. The van der Waals surface area contributed by atoms with Crippen LogP contribution in [0.4, 0.5) is 0 Å². The maximum Gasteiger partial charge on any atom is 0.298 e. The summed E-state index contributed by atoms with van der Waals surface area (Å²) in [7, 11) is 0. The Bertz CT molecular complexity index is 557. The van der Waals surface area contributed by atoms with Gasteiger partial charge in [-0.1, -0.05) is 30.9 Å². The quantitative estimate of drug-likeness (QED) is 0.555. The van der Waals surface area contributed by atoms with Crippen molar-refractivity contribution in [2.75, 3.05) is 0 Å². The minimum atomic E-state index is -0.0267. The number of allylic oxidation sites excluding steroid dienone is 3. The summed E-state index contributed by atoms with van der Waals surface area (Å²) in [5, 5.41) is 0. The highest BCUT2D eigenvalue weighted by molar-refractivity contribution is 5.51. The van der Waals surface area contributed by atoms with Crippen LogP contribution in [-0.2, 0) is 4.79 Å². The summed E-state index contributed by atoms with van der Waals surface area (Å²) in [5.74, 6) is 1.03. The second-order valence-electron chi connectivity index (χ2n) is 4.91. The normalized spacial score (nSPS) is 18.0. The number of benzene rings is 1. The van der Waals surface area contributed by atoms with E-state index in [4.69, 9.17) is 9.47 Å². The van der Waals surface area contributed by atoms with Crippen LogP contribution in [0.2, 0.25) is 0 Å². The van der Waals surface area contributed by atoms with Gasteiger partial charge in [-0.15, -0.1) is 6.58 Å². The van der Waals surface area contributed by atoms with Crippen LogP contribution in [0.3, 0.4) is 0 Å². The van der Waals surface area contributed by atoms with E-state index in [-0.39, 0.29) is 6.10 Å². The summed E-state index contributed by atoms with van der Waals surface area (Å²) in [6.45, 7) is 8.12. The van der Waals surface area contributed by atoms with E-state index in [1.807, 2.05) is 30.4 Å². The molecule has 0 amide bonds. The molecule has 0 fully saturated rings. The Balaban J connectivity index is 2.27. The van der Waals surface area contributed by atoms with E-state index in [2.05, 4.69) is 13.2 Å². The van der Waals surface area contributed by atoms with Gasteiger partial charge in [-0.25, -0.2) is 0 Å². The van der Waals surface area contributed by atoms with E-state index < -0.39 is 0 Å². The molecule has 1 aromatic carbocycles. The average molecular weight is 284 g/mol. The third-order valence-corrected chi connectivity index (χ3v) is 3.62. The van der Waals surface area contributed by atoms with Gasteiger partial charge in [0, 0.05) is 0 Å². The van der Waals surface area contributed by atoms with E-state index in [9.17, 15) is 4.79 Å². The predicted molar refractivity (Wildman–Crippen MR) is 83.4 cm³/mol. The van der Waals surface area contributed by atoms with Crippen molar-refractivity contribution in [1.29, 1.82) is 0 Å². The van der Waals surface area contributed by atoms with Crippen molar-refractivity contribution >= 4 is 6.47 Å². The van der Waals surface area contributed by atoms with Gasteiger partial charge >= 0.3 is 0 Å². The Labute approximate surface area is 125 Å². The third-order valence-electron chi connectivity index (χ3n) is 3.62. The van der Waals surface area contributed by atoms with E-state index in [1.54, 1.807) is 6.07 Å². The highest BCUT2D eigenvalue weighted by Crippen LogP contribution is 2.34. The van der Waals surface area contributed by atoms with Crippen LogP contribution < -0.4 is 9.47 Å². The average Bonchev–Trinajstić information content (AvgIpc) is 2.51. The van der Waals surface area contributed by atoms with E-state index >= 15 is 0 Å². The fourth-order valence-electron chi connectivity index (χ4n) is 2.65. The van der Waals surface area contributed by atoms with Crippen molar-refractivity contribution in [2.45, 2.75) is 31.8 Å². The van der Waals surface area contributed by atoms with Gasteiger partial charge in [0.25, 0.3) is 6.47 Å². The minimum absolute atomic E-state index is 0.0267. The molecule has 3 heteroatoms. The zero-order valence-electron chi connectivity index (χ0n) is 12.1. The molecule has 0 radical (unpaired) electrons. The first-order chi connectivity index (χ1) is 10.3. The molecule has 0 spiro atoms. The summed E-state index contributed by atoms with van der Waals surface area (Å²) in [4.78, 5) is 10.6. The predicted octanol–water partition coefficient (Wildman–Crippen LogP) is 4.21.